The maximum Gasteiger partial charge on any atom is 0.266 e. The van der Waals surface area contributed by atoms with Crippen LogP contribution in [-0.2, 0) is 9.09 Å². The molecule has 3 rings (SSSR count). The van der Waals surface area contributed by atoms with Gasteiger partial charge in [-0.15, -0.1) is 0 Å². The highest BCUT2D eigenvalue weighted by atomic mass is 31.2. The Balaban J connectivity index is 2.43. The van der Waals surface area contributed by atoms with Crippen LogP contribution in [0.3, 0.4) is 0 Å². The average Bonchev–Trinajstić information content (AvgIpc) is 3.06. The molecule has 2 aromatic carbocycles. The van der Waals surface area contributed by atoms with Crippen molar-refractivity contribution in [2.75, 3.05) is 7.11 Å². The lowest BCUT2D eigenvalue weighted by molar-refractivity contribution is 0.0997. The number of rotatable bonds is 4. The van der Waals surface area contributed by atoms with Gasteiger partial charge in [-0.25, -0.2) is 0 Å². The summed E-state index contributed by atoms with van der Waals surface area (Å²) in [6, 6.07) is 13.4. The number of nitrogens with one attached hydrogen (secondary N) is 1. The van der Waals surface area contributed by atoms with Gasteiger partial charge in [0.25, 0.3) is 13.3 Å². The highest BCUT2D eigenvalue weighted by molar-refractivity contribution is 7.75. The molecule has 1 heterocycles. The molecule has 1 unspecified atom stereocenters. The van der Waals surface area contributed by atoms with Crippen LogP contribution < -0.4 is 16.3 Å². The Hall–Kier alpha value is -3.38. The minimum absolute atomic E-state index is 0.0262. The topological polar surface area (TPSA) is 133 Å². The molecule has 7 nitrogen and oxygen atoms in total. The molecule has 8 heteroatoms. The number of hydrogen-bond donors (Lipinski definition) is 2. The van der Waals surface area contributed by atoms with Crippen LogP contribution in [0, 0.1) is 29.6 Å². The zero-order valence-corrected chi connectivity index (χ0v) is 15.5. The number of primary amides is 1. The number of H-pyrrole nitrogens is 1. The fourth-order valence-corrected chi connectivity index (χ4v) is 5.24. The summed E-state index contributed by atoms with van der Waals surface area (Å²) in [4.78, 5) is 14.9. The van der Waals surface area contributed by atoms with Crippen LogP contribution in [0.25, 0.3) is 10.9 Å². The summed E-state index contributed by atoms with van der Waals surface area (Å²) in [5.41, 5.74) is 7.29. The Labute approximate surface area is 155 Å². The highest BCUT2D eigenvalue weighted by Gasteiger charge is 2.36. The molecule has 0 aliphatic carbocycles. The van der Waals surface area contributed by atoms with Crippen molar-refractivity contribution in [3.8, 4) is 12.1 Å². The molecule has 0 saturated heterocycles. The maximum absolute atomic E-state index is 14.0. The van der Waals surface area contributed by atoms with Crippen LogP contribution in [0.4, 0.5) is 0 Å². The second-order valence-corrected chi connectivity index (χ2v) is 8.42. The monoisotopic (exact) mass is 378 g/mol. The van der Waals surface area contributed by atoms with Gasteiger partial charge in [-0.3, -0.25) is 9.36 Å². The van der Waals surface area contributed by atoms with E-state index in [-0.39, 0.29) is 27.4 Å². The van der Waals surface area contributed by atoms with Crippen molar-refractivity contribution in [2.45, 2.75) is 6.92 Å². The van der Waals surface area contributed by atoms with E-state index in [2.05, 4.69) is 4.98 Å². The largest absolute Gasteiger partial charge is 0.364 e. The number of aromatic amines is 1. The summed E-state index contributed by atoms with van der Waals surface area (Å²) >= 11 is 0. The van der Waals surface area contributed by atoms with E-state index in [0.717, 1.165) is 5.56 Å². The minimum atomic E-state index is -3.83. The maximum atomic E-state index is 14.0. The van der Waals surface area contributed by atoms with Gasteiger partial charge in [-0.1, -0.05) is 11.6 Å². The van der Waals surface area contributed by atoms with E-state index in [1.165, 1.54) is 25.3 Å². The number of hydrogen-bond acceptors (Lipinski definition) is 5. The zero-order valence-electron chi connectivity index (χ0n) is 14.6. The Bertz CT molecular complexity index is 1180. The van der Waals surface area contributed by atoms with E-state index in [4.69, 9.17) is 10.3 Å². The minimum Gasteiger partial charge on any atom is -0.364 e. The fraction of sp³-hybridized carbons (Fsp3) is 0.105. The summed E-state index contributed by atoms with van der Waals surface area (Å²) in [5, 5.41) is 19.3. The van der Waals surface area contributed by atoms with Crippen LogP contribution in [0.5, 0.6) is 0 Å². The van der Waals surface area contributed by atoms with E-state index in [1.807, 2.05) is 25.1 Å². The molecule has 0 bridgehead atoms. The van der Waals surface area contributed by atoms with E-state index >= 15 is 0 Å². The summed E-state index contributed by atoms with van der Waals surface area (Å²) in [6.07, 6.45) is 0. The molecule has 0 fully saturated rings. The number of nitriles is 2. The molecule has 134 valence electrons. The first-order chi connectivity index (χ1) is 12.8. The number of fused-ring (bicyclic) bond motifs is 1. The average molecular weight is 378 g/mol. The van der Waals surface area contributed by atoms with Gasteiger partial charge in [0.2, 0.25) is 0 Å². The normalized spacial score (nSPS) is 12.9. The van der Waals surface area contributed by atoms with Gasteiger partial charge in [-0.05, 0) is 37.3 Å². The number of aromatic nitrogens is 1. The van der Waals surface area contributed by atoms with Gasteiger partial charge in [0.05, 0.1) is 28.6 Å². The summed E-state index contributed by atoms with van der Waals surface area (Å²) in [5.74, 6) is -0.784. The molecule has 3 N–H and O–H groups in total. The first kappa shape index (κ1) is 18.4. The molecule has 0 aliphatic rings. The lowest BCUT2D eigenvalue weighted by Crippen LogP contribution is -2.26. The van der Waals surface area contributed by atoms with Crippen molar-refractivity contribution in [2.24, 2.45) is 5.73 Å². The lowest BCUT2D eigenvalue weighted by atomic mass is 10.1. The number of aryl methyl sites for hydroxylation is 1. The van der Waals surface area contributed by atoms with E-state index in [9.17, 15) is 19.9 Å². The molecule has 27 heavy (non-hydrogen) atoms. The van der Waals surface area contributed by atoms with Crippen molar-refractivity contribution < 1.29 is 13.9 Å². The summed E-state index contributed by atoms with van der Waals surface area (Å²) < 4.78 is 19.4. The van der Waals surface area contributed by atoms with E-state index in [1.54, 1.807) is 12.1 Å². The van der Waals surface area contributed by atoms with Crippen molar-refractivity contribution >= 4 is 34.8 Å². The van der Waals surface area contributed by atoms with Gasteiger partial charge >= 0.3 is 0 Å². The Kier molecular flexibility index (Phi) is 4.59. The molecule has 0 saturated carbocycles. The third-order valence-corrected chi connectivity index (χ3v) is 6.75. The number of carbonyl (C=O) groups excluding carboxylic acids is 1. The van der Waals surface area contributed by atoms with Crippen LogP contribution >= 0.6 is 7.37 Å². The molecule has 0 radical (unpaired) electrons. The van der Waals surface area contributed by atoms with Crippen molar-refractivity contribution in [3.63, 3.8) is 0 Å². The molecule has 1 amide bonds. The first-order valence-electron chi connectivity index (χ1n) is 7.88. The van der Waals surface area contributed by atoms with Crippen LogP contribution in [0.2, 0.25) is 0 Å². The van der Waals surface area contributed by atoms with Gasteiger partial charge in [0.15, 0.2) is 0 Å². The van der Waals surface area contributed by atoms with Crippen molar-refractivity contribution in [1.82, 2.24) is 4.98 Å². The van der Waals surface area contributed by atoms with Gasteiger partial charge in [0.1, 0.15) is 5.69 Å². The predicted molar refractivity (Wildman–Crippen MR) is 101 cm³/mol. The van der Waals surface area contributed by atoms with Gasteiger partial charge < -0.3 is 15.2 Å². The summed E-state index contributed by atoms with van der Waals surface area (Å²) in [6.45, 7) is 1.86. The molecule has 0 spiro atoms. The predicted octanol–water partition coefficient (Wildman–Crippen LogP) is 2.19. The van der Waals surface area contributed by atoms with Gasteiger partial charge in [-0.2, -0.15) is 10.5 Å². The van der Waals surface area contributed by atoms with Crippen molar-refractivity contribution in [3.05, 3.63) is 58.8 Å². The number of carbonyl (C=O) groups is 1. The third kappa shape index (κ3) is 3.00. The quantitative estimate of drug-likeness (QED) is 0.672. The molecule has 1 atom stereocenters. The van der Waals surface area contributed by atoms with Crippen LogP contribution in [0.15, 0.2) is 36.4 Å². The Morgan fingerprint density at radius 2 is 1.78 bits per heavy atom. The highest BCUT2D eigenvalue weighted by Crippen LogP contribution is 2.47. The molecule has 1 aromatic heterocycles. The standard InChI is InChI=1S/C19H15N4O3P/c1-11-3-4-16-15(5-11)18(17(23-16)19(22)24)27(25,26-2)14-7-12(9-20)6-13(8-14)10-21/h3-8,23H,1-2H3,(H2,22,24). The molecule has 3 aromatic rings. The van der Waals surface area contributed by atoms with Gasteiger partial charge in [0, 0.05) is 23.3 Å². The molecule has 0 aliphatic heterocycles. The van der Waals surface area contributed by atoms with Crippen LogP contribution in [-0.4, -0.2) is 18.0 Å². The zero-order chi connectivity index (χ0) is 19.8. The van der Waals surface area contributed by atoms with E-state index < -0.39 is 13.3 Å². The summed E-state index contributed by atoms with van der Waals surface area (Å²) in [7, 11) is -2.57. The smallest absolute Gasteiger partial charge is 0.266 e. The second-order valence-electron chi connectivity index (χ2n) is 5.99. The number of benzene rings is 2. The van der Waals surface area contributed by atoms with Crippen molar-refractivity contribution in [1.29, 1.82) is 10.5 Å². The Morgan fingerprint density at radius 1 is 1.15 bits per heavy atom. The fourth-order valence-electron chi connectivity index (χ4n) is 3.01. The lowest BCUT2D eigenvalue weighted by Gasteiger charge is -2.18. The second kappa shape index (κ2) is 6.74. The molecular formula is C19H15N4O3P. The number of nitrogens with two attached hydrogens (primary N) is 1. The third-order valence-electron chi connectivity index (χ3n) is 4.24. The SMILES string of the molecule is COP(=O)(c1cc(C#N)cc(C#N)c1)c1c(C(N)=O)[nH]c2ccc(C)cc12. The number of nitrogens with zero attached hydrogens (tertiary/aromatic N) is 2. The number of amides is 1. The molecular weight excluding hydrogens is 363 g/mol. The van der Waals surface area contributed by atoms with Crippen LogP contribution in [0.1, 0.15) is 27.2 Å². The first-order valence-corrected chi connectivity index (χ1v) is 9.51. The van der Waals surface area contributed by atoms with E-state index in [0.29, 0.717) is 10.9 Å². The Morgan fingerprint density at radius 3 is 2.30 bits per heavy atom.